The molecule has 104 valence electrons. The number of halogens is 2. The Balaban J connectivity index is 2.32. The van der Waals surface area contributed by atoms with Crippen LogP contribution in [-0.2, 0) is 4.79 Å². The minimum atomic E-state index is -0.705. The molecule has 0 heterocycles. The molecule has 0 aliphatic heterocycles. The lowest BCUT2D eigenvalue weighted by molar-refractivity contribution is -0.118. The third-order valence-electron chi connectivity index (χ3n) is 2.94. The molecule has 0 bridgehead atoms. The van der Waals surface area contributed by atoms with Crippen molar-refractivity contribution in [1.29, 1.82) is 0 Å². The van der Waals surface area contributed by atoms with Crippen LogP contribution in [-0.4, -0.2) is 5.91 Å². The first-order valence-corrected chi connectivity index (χ1v) is 6.84. The zero-order chi connectivity index (χ0) is 14.7. The molecule has 0 saturated carbocycles. The van der Waals surface area contributed by atoms with Gasteiger partial charge in [0.25, 0.3) is 0 Å². The Kier molecular flexibility index (Phi) is 4.39. The molecule has 0 aromatic heterocycles. The number of hydrogen-bond donors (Lipinski definition) is 2. The molecular formula is C15H14BrFN2O. The monoisotopic (exact) mass is 336 g/mol. The molecule has 0 aliphatic rings. The molecule has 0 saturated heterocycles. The maximum atomic E-state index is 13.2. The summed E-state index contributed by atoms with van der Waals surface area (Å²) in [6, 6.07) is 10.7. The van der Waals surface area contributed by atoms with Crippen molar-refractivity contribution >= 4 is 27.5 Å². The van der Waals surface area contributed by atoms with Gasteiger partial charge >= 0.3 is 0 Å². The Morgan fingerprint density at radius 1 is 1.30 bits per heavy atom. The molecule has 3 nitrogen and oxygen atoms in total. The number of benzene rings is 2. The SMILES string of the molecule is Cc1cc(C(Nc2cccc(F)c2)C(N)=O)ccc1Br. The van der Waals surface area contributed by atoms with Gasteiger partial charge in [0.15, 0.2) is 0 Å². The third-order valence-corrected chi connectivity index (χ3v) is 3.83. The van der Waals surface area contributed by atoms with Gasteiger partial charge in [-0.3, -0.25) is 4.79 Å². The molecule has 1 unspecified atom stereocenters. The average Bonchev–Trinajstić information content (AvgIpc) is 2.39. The van der Waals surface area contributed by atoms with Crippen LogP contribution in [0.1, 0.15) is 17.2 Å². The number of primary amides is 1. The first kappa shape index (κ1) is 14.5. The lowest BCUT2D eigenvalue weighted by Gasteiger charge is -2.18. The highest BCUT2D eigenvalue weighted by Gasteiger charge is 2.18. The lowest BCUT2D eigenvalue weighted by atomic mass is 10.0. The van der Waals surface area contributed by atoms with Gasteiger partial charge in [-0.15, -0.1) is 0 Å². The van der Waals surface area contributed by atoms with Gasteiger partial charge in [-0.1, -0.05) is 34.1 Å². The first-order valence-electron chi connectivity index (χ1n) is 6.05. The summed E-state index contributed by atoms with van der Waals surface area (Å²) >= 11 is 3.41. The number of carbonyl (C=O) groups excluding carboxylic acids is 1. The fourth-order valence-corrected chi connectivity index (χ4v) is 2.16. The second-order valence-corrected chi connectivity index (χ2v) is 5.35. The van der Waals surface area contributed by atoms with E-state index in [2.05, 4.69) is 21.2 Å². The normalized spacial score (nSPS) is 11.9. The largest absolute Gasteiger partial charge is 0.370 e. The highest BCUT2D eigenvalue weighted by Crippen LogP contribution is 2.24. The van der Waals surface area contributed by atoms with Gasteiger partial charge in [0.1, 0.15) is 11.9 Å². The molecule has 1 atom stereocenters. The van der Waals surface area contributed by atoms with Crippen LogP contribution >= 0.6 is 15.9 Å². The van der Waals surface area contributed by atoms with Crippen molar-refractivity contribution in [1.82, 2.24) is 0 Å². The van der Waals surface area contributed by atoms with Crippen molar-refractivity contribution in [2.45, 2.75) is 13.0 Å². The van der Waals surface area contributed by atoms with Crippen molar-refractivity contribution in [3.05, 3.63) is 63.9 Å². The molecular weight excluding hydrogens is 323 g/mol. The maximum Gasteiger partial charge on any atom is 0.244 e. The van der Waals surface area contributed by atoms with E-state index >= 15 is 0 Å². The zero-order valence-corrected chi connectivity index (χ0v) is 12.4. The van der Waals surface area contributed by atoms with E-state index in [9.17, 15) is 9.18 Å². The average molecular weight is 337 g/mol. The summed E-state index contributed by atoms with van der Waals surface area (Å²) in [5.74, 6) is -0.888. The van der Waals surface area contributed by atoms with Crippen LogP contribution in [0.3, 0.4) is 0 Å². The first-order chi connectivity index (χ1) is 9.47. The van der Waals surface area contributed by atoms with E-state index in [-0.39, 0.29) is 5.82 Å². The molecule has 5 heteroatoms. The maximum absolute atomic E-state index is 13.2. The van der Waals surface area contributed by atoms with Crippen LogP contribution in [0.4, 0.5) is 10.1 Å². The summed E-state index contributed by atoms with van der Waals surface area (Å²) in [4.78, 5) is 11.6. The van der Waals surface area contributed by atoms with E-state index in [1.165, 1.54) is 12.1 Å². The number of carbonyl (C=O) groups is 1. The molecule has 0 fully saturated rings. The summed E-state index contributed by atoms with van der Waals surface area (Å²) in [5, 5.41) is 2.95. The Morgan fingerprint density at radius 3 is 2.65 bits per heavy atom. The standard InChI is InChI=1S/C15H14BrFN2O/c1-9-7-10(5-6-13(9)16)14(15(18)20)19-12-4-2-3-11(17)8-12/h2-8,14,19H,1H3,(H2,18,20). The van der Waals surface area contributed by atoms with E-state index in [0.717, 1.165) is 15.6 Å². The van der Waals surface area contributed by atoms with E-state index < -0.39 is 11.9 Å². The highest BCUT2D eigenvalue weighted by atomic mass is 79.9. The van der Waals surface area contributed by atoms with Gasteiger partial charge in [0, 0.05) is 10.2 Å². The van der Waals surface area contributed by atoms with Gasteiger partial charge in [0.2, 0.25) is 5.91 Å². The predicted octanol–water partition coefficient (Wildman–Crippen LogP) is 3.54. The Morgan fingerprint density at radius 2 is 2.05 bits per heavy atom. The minimum Gasteiger partial charge on any atom is -0.370 e. The van der Waals surface area contributed by atoms with Gasteiger partial charge in [-0.2, -0.15) is 0 Å². The number of anilines is 1. The predicted molar refractivity (Wildman–Crippen MR) is 80.8 cm³/mol. The second kappa shape index (κ2) is 6.05. The Bertz CT molecular complexity index is 646. The van der Waals surface area contributed by atoms with Crippen molar-refractivity contribution in [3.63, 3.8) is 0 Å². The minimum absolute atomic E-state index is 0.370. The van der Waals surface area contributed by atoms with E-state index in [1.54, 1.807) is 18.2 Å². The van der Waals surface area contributed by atoms with Crippen molar-refractivity contribution < 1.29 is 9.18 Å². The van der Waals surface area contributed by atoms with Gasteiger partial charge in [0.05, 0.1) is 0 Å². The smallest absolute Gasteiger partial charge is 0.244 e. The van der Waals surface area contributed by atoms with Crippen molar-refractivity contribution in [2.24, 2.45) is 5.73 Å². The zero-order valence-electron chi connectivity index (χ0n) is 10.9. The van der Waals surface area contributed by atoms with Gasteiger partial charge in [-0.05, 0) is 42.3 Å². The number of nitrogens with one attached hydrogen (secondary N) is 1. The van der Waals surface area contributed by atoms with Crippen LogP contribution < -0.4 is 11.1 Å². The van der Waals surface area contributed by atoms with Gasteiger partial charge < -0.3 is 11.1 Å². The number of aryl methyl sites for hydroxylation is 1. The molecule has 2 aromatic rings. The molecule has 2 aromatic carbocycles. The number of rotatable bonds is 4. The van der Waals surface area contributed by atoms with Gasteiger partial charge in [-0.25, -0.2) is 4.39 Å². The van der Waals surface area contributed by atoms with Crippen LogP contribution in [0, 0.1) is 12.7 Å². The fourth-order valence-electron chi connectivity index (χ4n) is 1.91. The van der Waals surface area contributed by atoms with Crippen molar-refractivity contribution in [2.75, 3.05) is 5.32 Å². The fraction of sp³-hybridized carbons (Fsp3) is 0.133. The van der Waals surface area contributed by atoms with Crippen LogP contribution in [0.5, 0.6) is 0 Å². The van der Waals surface area contributed by atoms with E-state index in [1.807, 2.05) is 19.1 Å². The summed E-state index contributed by atoms with van der Waals surface area (Å²) < 4.78 is 14.1. The third kappa shape index (κ3) is 3.36. The Labute approximate surface area is 125 Å². The lowest BCUT2D eigenvalue weighted by Crippen LogP contribution is -2.27. The number of amides is 1. The topological polar surface area (TPSA) is 55.1 Å². The number of hydrogen-bond acceptors (Lipinski definition) is 2. The van der Waals surface area contributed by atoms with Crippen LogP contribution in [0.2, 0.25) is 0 Å². The van der Waals surface area contributed by atoms with Crippen LogP contribution in [0.15, 0.2) is 46.9 Å². The quantitative estimate of drug-likeness (QED) is 0.897. The van der Waals surface area contributed by atoms with Crippen molar-refractivity contribution in [3.8, 4) is 0 Å². The molecule has 0 radical (unpaired) electrons. The molecule has 1 amide bonds. The summed E-state index contributed by atoms with van der Waals surface area (Å²) in [6.07, 6.45) is 0. The van der Waals surface area contributed by atoms with E-state index in [4.69, 9.17) is 5.73 Å². The molecule has 20 heavy (non-hydrogen) atoms. The summed E-state index contributed by atoms with van der Waals surface area (Å²) in [7, 11) is 0. The van der Waals surface area contributed by atoms with E-state index in [0.29, 0.717) is 5.69 Å². The summed E-state index contributed by atoms with van der Waals surface area (Å²) in [5.41, 5.74) is 7.68. The molecule has 3 N–H and O–H groups in total. The van der Waals surface area contributed by atoms with Crippen LogP contribution in [0.25, 0.3) is 0 Å². The summed E-state index contributed by atoms with van der Waals surface area (Å²) in [6.45, 7) is 1.92. The molecule has 2 rings (SSSR count). The Hall–Kier alpha value is -1.88. The highest BCUT2D eigenvalue weighted by molar-refractivity contribution is 9.10. The second-order valence-electron chi connectivity index (χ2n) is 4.50. The number of nitrogens with two attached hydrogens (primary N) is 1. The molecule has 0 aliphatic carbocycles. The molecule has 0 spiro atoms.